The Morgan fingerprint density at radius 3 is 2.54 bits per heavy atom. The third-order valence-corrected chi connectivity index (χ3v) is 5.10. The van der Waals surface area contributed by atoms with Crippen molar-refractivity contribution < 1.29 is 17.6 Å². The van der Waals surface area contributed by atoms with Crippen LogP contribution in [0.5, 0.6) is 0 Å². The number of rotatable bonds is 3. The molecule has 0 saturated carbocycles. The van der Waals surface area contributed by atoms with Crippen molar-refractivity contribution in [1.82, 2.24) is 4.57 Å². The summed E-state index contributed by atoms with van der Waals surface area (Å²) in [6, 6.07) is 9.19. The molecule has 0 saturated heterocycles. The van der Waals surface area contributed by atoms with E-state index in [1.165, 1.54) is 35.8 Å². The second-order valence-corrected chi connectivity index (χ2v) is 7.33. The summed E-state index contributed by atoms with van der Waals surface area (Å²) in [4.78, 5) is 16.6. The topological polar surface area (TPSA) is 108 Å². The maximum absolute atomic E-state index is 12.1. The van der Waals surface area contributed by atoms with Crippen molar-refractivity contribution in [2.24, 2.45) is 10.1 Å². The highest BCUT2D eigenvalue weighted by Gasteiger charge is 2.11. The van der Waals surface area contributed by atoms with Crippen molar-refractivity contribution in [3.63, 3.8) is 0 Å². The molecule has 1 aromatic carbocycles. The number of sulfonamides is 1. The molecule has 1 amide bonds. The Balaban J connectivity index is 2.06. The number of aryl methyl sites for hydroxylation is 1. The predicted molar refractivity (Wildman–Crippen MR) is 88.4 cm³/mol. The number of nitrogens with zero attached hydrogens (tertiary/aromatic N) is 2. The number of carbonyl (C=O) groups is 1. The molecule has 2 heterocycles. The Kier molecular flexibility index (Phi) is 4.22. The van der Waals surface area contributed by atoms with Crippen molar-refractivity contribution in [1.29, 1.82) is 0 Å². The molecule has 2 aromatic heterocycles. The van der Waals surface area contributed by atoms with Gasteiger partial charge in [0.1, 0.15) is 0 Å². The zero-order valence-corrected chi connectivity index (χ0v) is 14.2. The van der Waals surface area contributed by atoms with Crippen LogP contribution >= 0.6 is 11.3 Å². The van der Waals surface area contributed by atoms with E-state index in [4.69, 9.17) is 9.56 Å². The van der Waals surface area contributed by atoms with Gasteiger partial charge in [-0.3, -0.25) is 9.36 Å². The molecule has 7 nitrogen and oxygen atoms in total. The molecule has 24 heavy (non-hydrogen) atoms. The van der Waals surface area contributed by atoms with Gasteiger partial charge < -0.3 is 4.42 Å². The van der Waals surface area contributed by atoms with Gasteiger partial charge in [0, 0.05) is 16.8 Å². The molecule has 0 bridgehead atoms. The number of furan rings is 1. The van der Waals surface area contributed by atoms with Gasteiger partial charge in [-0.15, -0.1) is 11.3 Å². The van der Waals surface area contributed by atoms with Crippen molar-refractivity contribution in [3.8, 4) is 5.69 Å². The summed E-state index contributed by atoms with van der Waals surface area (Å²) in [7, 11) is -3.75. The molecule has 3 rings (SSSR count). The zero-order chi connectivity index (χ0) is 17.3. The number of carbonyl (C=O) groups excluding carboxylic acids is 1. The first-order valence-corrected chi connectivity index (χ1v) is 9.22. The number of thiazole rings is 1. The van der Waals surface area contributed by atoms with Gasteiger partial charge in [-0.1, -0.05) is 0 Å². The number of aromatic nitrogens is 1. The Bertz CT molecular complexity index is 1040. The SMILES string of the molecule is Cc1csc(=NC(=O)c2ccco2)n1-c1ccc(S(N)(=O)=O)cc1. The lowest BCUT2D eigenvalue weighted by atomic mass is 10.3. The van der Waals surface area contributed by atoms with Crippen LogP contribution < -0.4 is 9.94 Å². The highest BCUT2D eigenvalue weighted by atomic mass is 32.2. The second-order valence-electron chi connectivity index (χ2n) is 4.93. The number of primary sulfonamides is 1. The van der Waals surface area contributed by atoms with Crippen molar-refractivity contribution in [2.75, 3.05) is 0 Å². The summed E-state index contributed by atoms with van der Waals surface area (Å²) in [5.74, 6) is -0.339. The monoisotopic (exact) mass is 363 g/mol. The van der Waals surface area contributed by atoms with E-state index < -0.39 is 15.9 Å². The number of benzene rings is 1. The first kappa shape index (κ1) is 16.4. The van der Waals surface area contributed by atoms with E-state index in [2.05, 4.69) is 4.99 Å². The maximum atomic E-state index is 12.1. The predicted octanol–water partition coefficient (Wildman–Crippen LogP) is 1.83. The molecular weight excluding hydrogens is 350 g/mol. The van der Waals surface area contributed by atoms with Gasteiger partial charge in [0.05, 0.1) is 11.2 Å². The molecule has 0 aliphatic rings. The molecule has 124 valence electrons. The van der Waals surface area contributed by atoms with Crippen molar-refractivity contribution >= 4 is 27.3 Å². The van der Waals surface area contributed by atoms with Gasteiger partial charge >= 0.3 is 5.91 Å². The Morgan fingerprint density at radius 1 is 1.25 bits per heavy atom. The molecule has 0 unspecified atom stereocenters. The van der Waals surface area contributed by atoms with Crippen LogP contribution in [-0.2, 0) is 10.0 Å². The van der Waals surface area contributed by atoms with Crippen LogP contribution in [0.3, 0.4) is 0 Å². The van der Waals surface area contributed by atoms with Crippen molar-refractivity contribution in [3.05, 3.63) is 64.3 Å². The fourth-order valence-electron chi connectivity index (χ4n) is 2.11. The molecule has 0 radical (unpaired) electrons. The molecular formula is C15H13N3O4S2. The lowest BCUT2D eigenvalue weighted by molar-refractivity contribution is 0.0971. The van der Waals surface area contributed by atoms with E-state index in [0.717, 1.165) is 5.69 Å². The summed E-state index contributed by atoms with van der Waals surface area (Å²) in [5, 5.41) is 6.95. The minimum absolute atomic E-state index is 0.0184. The Morgan fingerprint density at radius 2 is 1.96 bits per heavy atom. The molecule has 2 N–H and O–H groups in total. The van der Waals surface area contributed by atoms with E-state index in [1.54, 1.807) is 22.8 Å². The summed E-state index contributed by atoms with van der Waals surface area (Å²) >= 11 is 1.30. The summed E-state index contributed by atoms with van der Waals surface area (Å²) < 4.78 is 29.5. The van der Waals surface area contributed by atoms with Crippen LogP contribution in [0.1, 0.15) is 16.2 Å². The molecule has 9 heteroatoms. The molecule has 0 aliphatic heterocycles. The van der Waals surface area contributed by atoms with Gasteiger partial charge in [0.2, 0.25) is 10.0 Å². The van der Waals surface area contributed by atoms with Crippen LogP contribution in [0, 0.1) is 6.92 Å². The number of hydrogen-bond donors (Lipinski definition) is 1. The third kappa shape index (κ3) is 3.23. The lowest BCUT2D eigenvalue weighted by Gasteiger charge is -2.06. The normalized spacial score (nSPS) is 12.5. The standard InChI is InChI=1S/C15H13N3O4S2/c1-10-9-23-15(17-14(19)13-3-2-8-22-13)18(10)11-4-6-12(7-5-11)24(16,20)21/h2-9H,1H3,(H2,16,20,21). The fraction of sp³-hybridized carbons (Fsp3) is 0.0667. The number of hydrogen-bond acceptors (Lipinski definition) is 5. The molecule has 0 spiro atoms. The van der Waals surface area contributed by atoms with Crippen molar-refractivity contribution in [2.45, 2.75) is 11.8 Å². The van der Waals surface area contributed by atoms with Gasteiger partial charge in [-0.25, -0.2) is 13.6 Å². The fourth-order valence-corrected chi connectivity index (χ4v) is 3.50. The summed E-state index contributed by atoms with van der Waals surface area (Å²) in [6.45, 7) is 1.86. The van der Waals surface area contributed by atoms with E-state index in [-0.39, 0.29) is 10.7 Å². The number of amides is 1. The van der Waals surface area contributed by atoms with Gasteiger partial charge in [-0.05, 0) is 43.3 Å². The highest BCUT2D eigenvalue weighted by Crippen LogP contribution is 2.14. The minimum Gasteiger partial charge on any atom is -0.459 e. The van der Waals surface area contributed by atoms with Crippen LogP contribution in [0.15, 0.2) is 62.3 Å². The quantitative estimate of drug-likeness (QED) is 0.766. The summed E-state index contributed by atoms with van der Waals surface area (Å²) in [5.41, 5.74) is 1.53. The summed E-state index contributed by atoms with van der Waals surface area (Å²) in [6.07, 6.45) is 1.41. The first-order chi connectivity index (χ1) is 11.4. The Labute approximate surface area is 141 Å². The van der Waals surface area contributed by atoms with Gasteiger partial charge in [0.25, 0.3) is 0 Å². The van der Waals surface area contributed by atoms with Crippen LogP contribution in [-0.4, -0.2) is 18.9 Å². The smallest absolute Gasteiger partial charge is 0.315 e. The zero-order valence-electron chi connectivity index (χ0n) is 12.5. The van der Waals surface area contributed by atoms with Gasteiger partial charge in [-0.2, -0.15) is 4.99 Å². The van der Waals surface area contributed by atoms with E-state index in [0.29, 0.717) is 10.5 Å². The molecule has 0 fully saturated rings. The van der Waals surface area contributed by atoms with E-state index >= 15 is 0 Å². The third-order valence-electron chi connectivity index (χ3n) is 3.23. The average Bonchev–Trinajstić information content (AvgIpc) is 3.17. The molecule has 3 aromatic rings. The largest absolute Gasteiger partial charge is 0.459 e. The van der Waals surface area contributed by atoms with Crippen LogP contribution in [0.2, 0.25) is 0 Å². The Hall–Kier alpha value is -2.49. The van der Waals surface area contributed by atoms with E-state index in [9.17, 15) is 13.2 Å². The average molecular weight is 363 g/mol. The van der Waals surface area contributed by atoms with Crippen LogP contribution in [0.4, 0.5) is 0 Å². The lowest BCUT2D eigenvalue weighted by Crippen LogP contribution is -2.17. The number of nitrogens with two attached hydrogens (primary N) is 1. The van der Waals surface area contributed by atoms with E-state index in [1.807, 2.05) is 12.3 Å². The van der Waals surface area contributed by atoms with Gasteiger partial charge in [0.15, 0.2) is 10.6 Å². The maximum Gasteiger partial charge on any atom is 0.315 e. The molecule has 0 aliphatic carbocycles. The highest BCUT2D eigenvalue weighted by molar-refractivity contribution is 7.89. The second kappa shape index (κ2) is 6.19. The minimum atomic E-state index is -3.75. The molecule has 0 atom stereocenters. The first-order valence-electron chi connectivity index (χ1n) is 6.79. The van der Waals surface area contributed by atoms with Crippen LogP contribution in [0.25, 0.3) is 5.69 Å².